The maximum atomic E-state index is 5.44. The van der Waals surface area contributed by atoms with Gasteiger partial charge in [0.05, 0.1) is 38.8 Å². The van der Waals surface area contributed by atoms with Crippen LogP contribution >= 0.6 is 0 Å². The summed E-state index contributed by atoms with van der Waals surface area (Å²) in [6, 6.07) is 64.8. The lowest BCUT2D eigenvalue weighted by Crippen LogP contribution is -2.04. The molecular formula is C48H30N4. The van der Waals surface area contributed by atoms with Crippen molar-refractivity contribution in [2.24, 2.45) is 0 Å². The van der Waals surface area contributed by atoms with Gasteiger partial charge in [-0.25, -0.2) is 9.97 Å². The molecule has 11 rings (SSSR count). The van der Waals surface area contributed by atoms with Gasteiger partial charge >= 0.3 is 0 Å². The summed E-state index contributed by atoms with van der Waals surface area (Å²) in [4.78, 5) is 10.8. The van der Waals surface area contributed by atoms with Gasteiger partial charge in [-0.15, -0.1) is 0 Å². The molecule has 4 heteroatoms. The Balaban J connectivity index is 1.26. The monoisotopic (exact) mass is 662 g/mol. The number of rotatable bonds is 4. The fourth-order valence-corrected chi connectivity index (χ4v) is 8.12. The Kier molecular flexibility index (Phi) is 6.22. The van der Waals surface area contributed by atoms with Gasteiger partial charge in [0.25, 0.3) is 0 Å². The average molecular weight is 663 g/mol. The molecule has 0 saturated heterocycles. The third-order valence-electron chi connectivity index (χ3n) is 10.5. The lowest BCUT2D eigenvalue weighted by Gasteiger charge is -2.15. The third-order valence-corrected chi connectivity index (χ3v) is 10.5. The number of benzene rings is 8. The van der Waals surface area contributed by atoms with E-state index in [1.807, 2.05) is 18.2 Å². The van der Waals surface area contributed by atoms with Gasteiger partial charge in [0.1, 0.15) is 5.69 Å². The lowest BCUT2D eigenvalue weighted by atomic mass is 10.0. The summed E-state index contributed by atoms with van der Waals surface area (Å²) < 4.78 is 4.77. The highest BCUT2D eigenvalue weighted by Crippen LogP contribution is 2.42. The molecule has 3 heterocycles. The van der Waals surface area contributed by atoms with Gasteiger partial charge in [0.15, 0.2) is 5.82 Å². The van der Waals surface area contributed by atoms with Gasteiger partial charge in [0.2, 0.25) is 0 Å². The molecule has 0 aliphatic carbocycles. The van der Waals surface area contributed by atoms with E-state index in [1.165, 1.54) is 54.5 Å². The Morgan fingerprint density at radius 2 is 0.904 bits per heavy atom. The molecule has 0 bridgehead atoms. The second kappa shape index (κ2) is 11.2. The molecule has 0 aliphatic heterocycles. The van der Waals surface area contributed by atoms with Crippen LogP contribution in [0.15, 0.2) is 182 Å². The van der Waals surface area contributed by atoms with Crippen molar-refractivity contribution in [3.05, 3.63) is 182 Å². The minimum Gasteiger partial charge on any atom is -0.309 e. The van der Waals surface area contributed by atoms with E-state index in [4.69, 9.17) is 9.97 Å². The van der Waals surface area contributed by atoms with Crippen molar-refractivity contribution in [1.29, 1.82) is 0 Å². The zero-order chi connectivity index (χ0) is 34.2. The topological polar surface area (TPSA) is 35.6 Å². The van der Waals surface area contributed by atoms with Crippen LogP contribution in [-0.4, -0.2) is 19.1 Å². The van der Waals surface area contributed by atoms with E-state index < -0.39 is 0 Å². The van der Waals surface area contributed by atoms with Gasteiger partial charge in [-0.05, 0) is 70.4 Å². The van der Waals surface area contributed by atoms with Crippen LogP contribution in [0.2, 0.25) is 0 Å². The first-order valence-electron chi connectivity index (χ1n) is 17.7. The molecule has 3 aromatic heterocycles. The van der Waals surface area contributed by atoms with Crippen molar-refractivity contribution < 1.29 is 0 Å². The van der Waals surface area contributed by atoms with Crippen molar-refractivity contribution in [3.63, 3.8) is 0 Å². The van der Waals surface area contributed by atoms with Crippen molar-refractivity contribution >= 4 is 65.4 Å². The van der Waals surface area contributed by atoms with Crippen molar-refractivity contribution in [1.82, 2.24) is 19.1 Å². The van der Waals surface area contributed by atoms with E-state index in [0.717, 1.165) is 44.8 Å². The molecule has 0 fully saturated rings. The highest BCUT2D eigenvalue weighted by atomic mass is 15.1. The van der Waals surface area contributed by atoms with Gasteiger partial charge in [0, 0.05) is 27.1 Å². The quantitative estimate of drug-likeness (QED) is 0.188. The Hall–Kier alpha value is -7.04. The second-order valence-corrected chi connectivity index (χ2v) is 13.4. The van der Waals surface area contributed by atoms with E-state index in [1.54, 1.807) is 0 Å². The number of nitrogens with zero attached hydrogens (tertiary/aromatic N) is 4. The molecule has 0 spiro atoms. The number of aromatic nitrogens is 4. The molecule has 11 aromatic rings. The fraction of sp³-hybridized carbons (Fsp3) is 0. The largest absolute Gasteiger partial charge is 0.309 e. The zero-order valence-electron chi connectivity index (χ0n) is 28.1. The molecule has 0 unspecified atom stereocenters. The predicted molar refractivity (Wildman–Crippen MR) is 217 cm³/mol. The highest BCUT2D eigenvalue weighted by molar-refractivity contribution is 6.19. The summed E-state index contributed by atoms with van der Waals surface area (Å²) in [7, 11) is 0. The smallest absolute Gasteiger partial charge is 0.165 e. The van der Waals surface area contributed by atoms with Gasteiger partial charge in [-0.2, -0.15) is 0 Å². The minimum absolute atomic E-state index is 0.806. The fourth-order valence-electron chi connectivity index (χ4n) is 8.12. The first-order chi connectivity index (χ1) is 25.8. The van der Waals surface area contributed by atoms with Crippen molar-refractivity contribution in [3.8, 4) is 33.9 Å². The maximum Gasteiger partial charge on any atom is 0.165 e. The predicted octanol–water partition coefficient (Wildman–Crippen LogP) is 12.3. The molecule has 8 aromatic carbocycles. The normalized spacial score (nSPS) is 11.8. The van der Waals surface area contributed by atoms with Crippen molar-refractivity contribution in [2.75, 3.05) is 0 Å². The van der Waals surface area contributed by atoms with E-state index in [0.29, 0.717) is 0 Å². The Morgan fingerprint density at radius 3 is 1.63 bits per heavy atom. The van der Waals surface area contributed by atoms with Crippen molar-refractivity contribution in [2.45, 2.75) is 0 Å². The number of para-hydroxylation sites is 4. The van der Waals surface area contributed by atoms with Crippen LogP contribution in [0.25, 0.3) is 99.3 Å². The number of hydrogen-bond donors (Lipinski definition) is 0. The molecule has 0 N–H and O–H groups in total. The first kappa shape index (κ1) is 28.8. The number of fused-ring (bicyclic) bond motifs is 8. The van der Waals surface area contributed by atoms with Crippen LogP contribution in [0.3, 0.4) is 0 Å². The van der Waals surface area contributed by atoms with E-state index in [2.05, 4.69) is 173 Å². The van der Waals surface area contributed by atoms with Crippen LogP contribution < -0.4 is 0 Å². The summed E-state index contributed by atoms with van der Waals surface area (Å²) in [5, 5.41) is 7.21. The second-order valence-electron chi connectivity index (χ2n) is 13.4. The Bertz CT molecular complexity index is 3120. The summed E-state index contributed by atoms with van der Waals surface area (Å²) in [6.45, 7) is 0. The molecule has 242 valence electrons. The maximum absolute atomic E-state index is 5.44. The molecule has 52 heavy (non-hydrogen) atoms. The molecule has 0 amide bonds. The molecule has 0 aliphatic rings. The summed E-state index contributed by atoms with van der Waals surface area (Å²) in [6.07, 6.45) is 0. The van der Waals surface area contributed by atoms with E-state index in [-0.39, 0.29) is 0 Å². The van der Waals surface area contributed by atoms with Gasteiger partial charge in [-0.1, -0.05) is 133 Å². The van der Waals surface area contributed by atoms with Crippen LogP contribution in [0.5, 0.6) is 0 Å². The SMILES string of the molecule is c1ccc(-c2ccc(-c3nc4ccccc4nc3-n3c4cc5ccccc5cc4c4c(-n5c6ccccc6c6ccccc65)cccc43)cc2)cc1. The summed E-state index contributed by atoms with van der Waals surface area (Å²) >= 11 is 0. The highest BCUT2D eigenvalue weighted by Gasteiger charge is 2.23. The lowest BCUT2D eigenvalue weighted by molar-refractivity contribution is 1.08. The first-order valence-corrected chi connectivity index (χ1v) is 17.7. The molecule has 0 atom stereocenters. The van der Waals surface area contributed by atoms with E-state index >= 15 is 0 Å². The molecule has 0 saturated carbocycles. The zero-order valence-corrected chi connectivity index (χ0v) is 28.1. The van der Waals surface area contributed by atoms with Crippen LogP contribution in [-0.2, 0) is 0 Å². The van der Waals surface area contributed by atoms with Crippen LogP contribution in [0, 0.1) is 0 Å². The molecule has 4 nitrogen and oxygen atoms in total. The number of hydrogen-bond acceptors (Lipinski definition) is 2. The van der Waals surface area contributed by atoms with E-state index in [9.17, 15) is 0 Å². The average Bonchev–Trinajstić information content (AvgIpc) is 3.72. The third kappa shape index (κ3) is 4.28. The standard InChI is InChI=1S/C48H30N4/c1-2-13-31(14-3-1)32-25-27-33(28-26-32)47-48(50-40-20-9-8-19-39(40)49-47)52-44-24-12-23-43(46(44)38-29-34-15-4-5-16-35(34)30-45(38)52)51-41-21-10-6-17-36(41)37-18-7-11-22-42(37)51/h1-30H. The summed E-state index contributed by atoms with van der Waals surface area (Å²) in [5.41, 5.74) is 11.6. The molecular weight excluding hydrogens is 633 g/mol. The minimum atomic E-state index is 0.806. The molecule has 0 radical (unpaired) electrons. The van der Waals surface area contributed by atoms with Crippen LogP contribution in [0.4, 0.5) is 0 Å². The van der Waals surface area contributed by atoms with Gasteiger partial charge in [-0.3, -0.25) is 4.57 Å². The Morgan fingerprint density at radius 1 is 0.346 bits per heavy atom. The Labute approximate surface area is 299 Å². The summed E-state index contributed by atoms with van der Waals surface area (Å²) in [5.74, 6) is 0.806. The van der Waals surface area contributed by atoms with Gasteiger partial charge < -0.3 is 4.57 Å². The van der Waals surface area contributed by atoms with Crippen LogP contribution in [0.1, 0.15) is 0 Å².